The summed E-state index contributed by atoms with van der Waals surface area (Å²) in [7, 11) is 1.45. The Kier molecular flexibility index (Phi) is 7.32. The van der Waals surface area contributed by atoms with E-state index in [2.05, 4.69) is 5.32 Å². The van der Waals surface area contributed by atoms with Crippen LogP contribution in [0.5, 0.6) is 5.75 Å². The first-order valence-corrected chi connectivity index (χ1v) is 6.00. The van der Waals surface area contributed by atoms with Crippen molar-refractivity contribution in [1.82, 2.24) is 5.32 Å². The van der Waals surface area contributed by atoms with Crippen molar-refractivity contribution in [2.45, 2.75) is 13.0 Å². The van der Waals surface area contributed by atoms with Gasteiger partial charge < -0.3 is 19.9 Å². The van der Waals surface area contributed by atoms with Gasteiger partial charge in [-0.1, -0.05) is 12.1 Å². The molecular weight excluding hydrogens is 237 g/mol. The number of nitrogens with one attached hydrogen (secondary N) is 1. The first-order valence-electron chi connectivity index (χ1n) is 6.00. The third-order valence-corrected chi connectivity index (χ3v) is 2.46. The topological polar surface area (TPSA) is 50.7 Å². The SMILES string of the molecule is COc1cccc(CNCCCOCCO)c1F. The fraction of sp³-hybridized carbons (Fsp3) is 0.538. The Morgan fingerprint density at radius 1 is 1.33 bits per heavy atom. The molecule has 0 atom stereocenters. The third kappa shape index (κ3) is 5.00. The molecule has 0 heterocycles. The van der Waals surface area contributed by atoms with Gasteiger partial charge in [0.1, 0.15) is 0 Å². The molecule has 0 spiro atoms. The predicted octanol–water partition coefficient (Wildman–Crippen LogP) is 1.32. The summed E-state index contributed by atoms with van der Waals surface area (Å²) in [5, 5.41) is 11.6. The van der Waals surface area contributed by atoms with Gasteiger partial charge in [0.15, 0.2) is 11.6 Å². The molecule has 1 aromatic carbocycles. The van der Waals surface area contributed by atoms with Crippen LogP contribution in [0.3, 0.4) is 0 Å². The standard InChI is InChI=1S/C13H20FNO3/c1-17-12-5-2-4-11(13(12)14)10-15-6-3-8-18-9-7-16/h2,4-5,15-16H,3,6-10H2,1H3. The van der Waals surface area contributed by atoms with Crippen molar-refractivity contribution in [3.63, 3.8) is 0 Å². The summed E-state index contributed by atoms with van der Waals surface area (Å²) in [6.45, 7) is 2.20. The highest BCUT2D eigenvalue weighted by atomic mass is 19.1. The number of aliphatic hydroxyl groups excluding tert-OH is 1. The van der Waals surface area contributed by atoms with Crippen molar-refractivity contribution in [2.24, 2.45) is 0 Å². The molecule has 0 unspecified atom stereocenters. The molecule has 0 radical (unpaired) electrons. The molecule has 0 aliphatic rings. The molecule has 0 amide bonds. The van der Waals surface area contributed by atoms with Crippen molar-refractivity contribution in [1.29, 1.82) is 0 Å². The van der Waals surface area contributed by atoms with Gasteiger partial charge in [-0.15, -0.1) is 0 Å². The highest BCUT2D eigenvalue weighted by molar-refractivity contribution is 5.30. The molecular formula is C13H20FNO3. The highest BCUT2D eigenvalue weighted by Gasteiger charge is 2.07. The van der Waals surface area contributed by atoms with Crippen molar-refractivity contribution in [3.8, 4) is 5.75 Å². The average molecular weight is 257 g/mol. The molecule has 0 aliphatic heterocycles. The Hall–Kier alpha value is -1.17. The van der Waals surface area contributed by atoms with Crippen molar-refractivity contribution < 1.29 is 19.0 Å². The molecule has 4 nitrogen and oxygen atoms in total. The van der Waals surface area contributed by atoms with Crippen LogP contribution in [0.25, 0.3) is 0 Å². The lowest BCUT2D eigenvalue weighted by atomic mass is 10.2. The molecule has 0 aromatic heterocycles. The second-order valence-corrected chi connectivity index (χ2v) is 3.80. The van der Waals surface area contributed by atoms with Gasteiger partial charge in [0.05, 0.1) is 20.3 Å². The minimum atomic E-state index is -0.316. The summed E-state index contributed by atoms with van der Waals surface area (Å²) in [5.41, 5.74) is 0.589. The largest absolute Gasteiger partial charge is 0.494 e. The Morgan fingerprint density at radius 3 is 2.89 bits per heavy atom. The lowest BCUT2D eigenvalue weighted by molar-refractivity contribution is 0.0907. The van der Waals surface area contributed by atoms with Crippen LogP contribution in [0.4, 0.5) is 4.39 Å². The van der Waals surface area contributed by atoms with Crippen molar-refractivity contribution >= 4 is 0 Å². The van der Waals surface area contributed by atoms with E-state index >= 15 is 0 Å². The number of halogens is 1. The number of methoxy groups -OCH3 is 1. The Bertz CT molecular complexity index is 347. The van der Waals surface area contributed by atoms with Gasteiger partial charge >= 0.3 is 0 Å². The molecule has 18 heavy (non-hydrogen) atoms. The van der Waals surface area contributed by atoms with E-state index in [1.807, 2.05) is 0 Å². The average Bonchev–Trinajstić information content (AvgIpc) is 2.39. The van der Waals surface area contributed by atoms with Crippen molar-refractivity contribution in [3.05, 3.63) is 29.6 Å². The molecule has 0 fully saturated rings. The third-order valence-electron chi connectivity index (χ3n) is 2.46. The highest BCUT2D eigenvalue weighted by Crippen LogP contribution is 2.19. The summed E-state index contributed by atoms with van der Waals surface area (Å²) >= 11 is 0. The molecule has 0 saturated carbocycles. The zero-order chi connectivity index (χ0) is 13.2. The van der Waals surface area contributed by atoms with Crippen LogP contribution in [0.1, 0.15) is 12.0 Å². The van der Waals surface area contributed by atoms with Gasteiger partial charge in [-0.25, -0.2) is 4.39 Å². The van der Waals surface area contributed by atoms with Crippen LogP contribution in [0.15, 0.2) is 18.2 Å². The van der Waals surface area contributed by atoms with Crippen LogP contribution in [0.2, 0.25) is 0 Å². The summed E-state index contributed by atoms with van der Waals surface area (Å²) in [5.74, 6) is -0.0513. The fourth-order valence-corrected chi connectivity index (χ4v) is 1.54. The summed E-state index contributed by atoms with van der Waals surface area (Å²) in [4.78, 5) is 0. The zero-order valence-electron chi connectivity index (χ0n) is 10.6. The van der Waals surface area contributed by atoms with E-state index in [0.717, 1.165) is 13.0 Å². The smallest absolute Gasteiger partial charge is 0.169 e. The van der Waals surface area contributed by atoms with Crippen LogP contribution >= 0.6 is 0 Å². The minimum absolute atomic E-state index is 0.0441. The number of hydrogen-bond acceptors (Lipinski definition) is 4. The maximum Gasteiger partial charge on any atom is 0.169 e. The molecule has 5 heteroatoms. The van der Waals surface area contributed by atoms with Crippen LogP contribution in [-0.4, -0.2) is 38.6 Å². The number of benzene rings is 1. The maximum absolute atomic E-state index is 13.7. The van der Waals surface area contributed by atoms with Gasteiger partial charge in [0.25, 0.3) is 0 Å². The second kappa shape index (κ2) is 8.85. The summed E-state index contributed by atoms with van der Waals surface area (Å²) in [6, 6.07) is 5.10. The maximum atomic E-state index is 13.7. The van der Waals surface area contributed by atoms with E-state index in [1.165, 1.54) is 7.11 Å². The first-order chi connectivity index (χ1) is 8.79. The molecule has 0 aliphatic carbocycles. The lowest BCUT2D eigenvalue weighted by Gasteiger charge is -2.08. The van der Waals surface area contributed by atoms with E-state index in [0.29, 0.717) is 25.3 Å². The van der Waals surface area contributed by atoms with E-state index in [4.69, 9.17) is 14.6 Å². The first kappa shape index (κ1) is 14.9. The fourth-order valence-electron chi connectivity index (χ4n) is 1.54. The zero-order valence-corrected chi connectivity index (χ0v) is 10.6. The van der Waals surface area contributed by atoms with Crippen LogP contribution in [-0.2, 0) is 11.3 Å². The molecule has 102 valence electrons. The van der Waals surface area contributed by atoms with Crippen LogP contribution < -0.4 is 10.1 Å². The van der Waals surface area contributed by atoms with Crippen LogP contribution in [0, 0.1) is 5.82 Å². The van der Waals surface area contributed by atoms with Gasteiger partial charge in [-0.3, -0.25) is 0 Å². The summed E-state index contributed by atoms with van der Waals surface area (Å²) in [6.07, 6.45) is 0.825. The summed E-state index contributed by atoms with van der Waals surface area (Å²) < 4.78 is 23.8. The molecule has 1 rings (SSSR count). The van der Waals surface area contributed by atoms with Gasteiger partial charge in [-0.05, 0) is 19.0 Å². The van der Waals surface area contributed by atoms with E-state index in [9.17, 15) is 4.39 Å². The minimum Gasteiger partial charge on any atom is -0.494 e. The quantitative estimate of drug-likeness (QED) is 0.655. The Morgan fingerprint density at radius 2 is 2.17 bits per heavy atom. The molecule has 0 bridgehead atoms. The Balaban J connectivity index is 2.23. The number of rotatable bonds is 9. The van der Waals surface area contributed by atoms with Crippen molar-refractivity contribution in [2.75, 3.05) is 33.5 Å². The number of hydrogen-bond donors (Lipinski definition) is 2. The van der Waals surface area contributed by atoms with E-state index in [-0.39, 0.29) is 18.2 Å². The normalized spacial score (nSPS) is 10.6. The molecule has 0 saturated heterocycles. The monoisotopic (exact) mass is 257 g/mol. The lowest BCUT2D eigenvalue weighted by Crippen LogP contribution is -2.17. The predicted molar refractivity (Wildman–Crippen MR) is 67.2 cm³/mol. The van der Waals surface area contributed by atoms with E-state index in [1.54, 1.807) is 18.2 Å². The van der Waals surface area contributed by atoms with E-state index < -0.39 is 0 Å². The number of ether oxygens (including phenoxy) is 2. The van der Waals surface area contributed by atoms with Gasteiger partial charge in [0.2, 0.25) is 0 Å². The van der Waals surface area contributed by atoms with Gasteiger partial charge in [0, 0.05) is 18.7 Å². The molecule has 1 aromatic rings. The molecule has 2 N–H and O–H groups in total. The second-order valence-electron chi connectivity index (χ2n) is 3.80. The number of aliphatic hydroxyl groups is 1. The Labute approximate surface area is 107 Å². The van der Waals surface area contributed by atoms with Gasteiger partial charge in [-0.2, -0.15) is 0 Å².